The SMILES string of the molecule is Oc1ccc(NCc2cccc(OCc3ccc(Cl)cc3Cl)c2)cc1. The largest absolute Gasteiger partial charge is 0.508 e. The molecule has 0 saturated carbocycles. The van der Waals surface area contributed by atoms with Gasteiger partial charge in [0.05, 0.1) is 0 Å². The molecule has 25 heavy (non-hydrogen) atoms. The molecule has 3 nitrogen and oxygen atoms in total. The van der Waals surface area contributed by atoms with Gasteiger partial charge in [0.2, 0.25) is 0 Å². The van der Waals surface area contributed by atoms with Gasteiger partial charge in [-0.3, -0.25) is 0 Å². The van der Waals surface area contributed by atoms with Crippen molar-refractivity contribution in [3.63, 3.8) is 0 Å². The van der Waals surface area contributed by atoms with Crippen molar-refractivity contribution in [3.8, 4) is 11.5 Å². The summed E-state index contributed by atoms with van der Waals surface area (Å²) in [6.45, 7) is 1.04. The van der Waals surface area contributed by atoms with Crippen LogP contribution in [0.2, 0.25) is 10.0 Å². The van der Waals surface area contributed by atoms with Crippen molar-refractivity contribution in [1.29, 1.82) is 0 Å². The van der Waals surface area contributed by atoms with Gasteiger partial charge in [-0.25, -0.2) is 0 Å². The minimum absolute atomic E-state index is 0.252. The maximum atomic E-state index is 9.30. The molecule has 2 N–H and O–H groups in total. The Balaban J connectivity index is 1.60. The van der Waals surface area contributed by atoms with E-state index >= 15 is 0 Å². The lowest BCUT2D eigenvalue weighted by Gasteiger charge is -2.11. The molecule has 5 heteroatoms. The molecule has 3 aromatic carbocycles. The van der Waals surface area contributed by atoms with E-state index in [2.05, 4.69) is 5.32 Å². The van der Waals surface area contributed by atoms with E-state index in [1.165, 1.54) is 0 Å². The zero-order valence-electron chi connectivity index (χ0n) is 13.4. The summed E-state index contributed by atoms with van der Waals surface area (Å²) in [5.41, 5.74) is 2.92. The molecule has 0 aliphatic carbocycles. The molecule has 0 aliphatic rings. The van der Waals surface area contributed by atoms with Gasteiger partial charge in [0.1, 0.15) is 18.1 Å². The number of phenols is 1. The molecular formula is C20H17Cl2NO2. The minimum atomic E-state index is 0.252. The molecule has 0 atom stereocenters. The van der Waals surface area contributed by atoms with Crippen LogP contribution in [0, 0.1) is 0 Å². The molecule has 0 heterocycles. The van der Waals surface area contributed by atoms with E-state index < -0.39 is 0 Å². The summed E-state index contributed by atoms with van der Waals surface area (Å²) in [6, 6.07) is 20.2. The average molecular weight is 374 g/mol. The Morgan fingerprint density at radius 1 is 0.920 bits per heavy atom. The van der Waals surface area contributed by atoms with Gasteiger partial charge in [-0.05, 0) is 54.1 Å². The molecule has 3 rings (SSSR count). The molecule has 0 saturated heterocycles. The van der Waals surface area contributed by atoms with Crippen molar-refractivity contribution in [2.75, 3.05) is 5.32 Å². The number of aromatic hydroxyl groups is 1. The summed E-state index contributed by atoms with van der Waals surface area (Å²) in [5, 5.41) is 13.8. The highest BCUT2D eigenvalue weighted by Crippen LogP contribution is 2.23. The minimum Gasteiger partial charge on any atom is -0.508 e. The molecule has 128 valence electrons. The van der Waals surface area contributed by atoms with Crippen LogP contribution >= 0.6 is 23.2 Å². The number of anilines is 1. The van der Waals surface area contributed by atoms with Gasteiger partial charge in [-0.1, -0.05) is 41.4 Å². The first-order valence-electron chi connectivity index (χ1n) is 7.79. The van der Waals surface area contributed by atoms with Crippen molar-refractivity contribution >= 4 is 28.9 Å². The predicted molar refractivity (Wildman–Crippen MR) is 103 cm³/mol. The van der Waals surface area contributed by atoms with Crippen molar-refractivity contribution in [2.24, 2.45) is 0 Å². The Labute approximate surface area is 156 Å². The third-order valence-corrected chi connectivity index (χ3v) is 4.26. The van der Waals surface area contributed by atoms with Gasteiger partial charge in [0.25, 0.3) is 0 Å². The van der Waals surface area contributed by atoms with E-state index in [-0.39, 0.29) is 5.75 Å². The molecule has 0 amide bonds. The standard InChI is InChI=1S/C20H17Cl2NO2/c21-16-5-4-15(20(22)11-16)13-25-19-3-1-2-14(10-19)12-23-17-6-8-18(24)9-7-17/h1-11,23-24H,12-13H2. The average Bonchev–Trinajstić information content (AvgIpc) is 2.61. The van der Waals surface area contributed by atoms with Crippen LogP contribution in [0.5, 0.6) is 11.5 Å². The third-order valence-electron chi connectivity index (χ3n) is 3.67. The molecule has 0 bridgehead atoms. The lowest BCUT2D eigenvalue weighted by molar-refractivity contribution is 0.306. The zero-order valence-corrected chi connectivity index (χ0v) is 14.9. The molecule has 0 aromatic heterocycles. The molecule has 0 unspecified atom stereocenters. The van der Waals surface area contributed by atoms with E-state index in [9.17, 15) is 5.11 Å². The third kappa shape index (κ3) is 5.05. The fraction of sp³-hybridized carbons (Fsp3) is 0.100. The lowest BCUT2D eigenvalue weighted by Crippen LogP contribution is -2.00. The first-order chi connectivity index (χ1) is 12.1. The van der Waals surface area contributed by atoms with E-state index in [4.69, 9.17) is 27.9 Å². The first-order valence-corrected chi connectivity index (χ1v) is 8.54. The van der Waals surface area contributed by atoms with Gasteiger partial charge >= 0.3 is 0 Å². The second-order valence-electron chi connectivity index (χ2n) is 5.57. The molecule has 0 spiro atoms. The highest BCUT2D eigenvalue weighted by molar-refractivity contribution is 6.35. The Kier molecular flexibility index (Phi) is 5.69. The van der Waals surface area contributed by atoms with Crippen molar-refractivity contribution < 1.29 is 9.84 Å². The molecule has 0 aliphatic heterocycles. The summed E-state index contributed by atoms with van der Waals surface area (Å²) < 4.78 is 5.83. The lowest BCUT2D eigenvalue weighted by atomic mass is 10.2. The Bertz CT molecular complexity index is 851. The smallest absolute Gasteiger partial charge is 0.120 e. The number of benzene rings is 3. The van der Waals surface area contributed by atoms with Crippen LogP contribution < -0.4 is 10.1 Å². The molecular weight excluding hydrogens is 357 g/mol. The second-order valence-corrected chi connectivity index (χ2v) is 6.42. The normalized spacial score (nSPS) is 10.5. The number of ether oxygens (including phenoxy) is 1. The number of phenolic OH excluding ortho intramolecular Hbond substituents is 1. The quantitative estimate of drug-likeness (QED) is 0.529. The fourth-order valence-corrected chi connectivity index (χ4v) is 2.79. The van der Waals surface area contributed by atoms with Crippen molar-refractivity contribution in [1.82, 2.24) is 0 Å². The number of hydrogen-bond acceptors (Lipinski definition) is 3. The van der Waals surface area contributed by atoms with E-state index in [1.807, 2.05) is 42.5 Å². The van der Waals surface area contributed by atoms with E-state index in [1.54, 1.807) is 24.3 Å². The summed E-state index contributed by atoms with van der Waals surface area (Å²) >= 11 is 12.1. The fourth-order valence-electron chi connectivity index (χ4n) is 2.33. The van der Waals surface area contributed by atoms with Crippen LogP contribution in [-0.4, -0.2) is 5.11 Å². The monoisotopic (exact) mass is 373 g/mol. The van der Waals surface area contributed by atoms with Crippen LogP contribution in [0.15, 0.2) is 66.7 Å². The van der Waals surface area contributed by atoms with Crippen LogP contribution in [0.25, 0.3) is 0 Å². The molecule has 3 aromatic rings. The summed E-state index contributed by atoms with van der Waals surface area (Å²) in [5.74, 6) is 1.03. The first kappa shape index (κ1) is 17.5. The second kappa shape index (κ2) is 8.15. The maximum Gasteiger partial charge on any atom is 0.120 e. The van der Waals surface area contributed by atoms with Gasteiger partial charge in [-0.15, -0.1) is 0 Å². The number of halogens is 2. The number of hydrogen-bond donors (Lipinski definition) is 2. The van der Waals surface area contributed by atoms with Crippen LogP contribution in [0.4, 0.5) is 5.69 Å². The topological polar surface area (TPSA) is 41.5 Å². The molecule has 0 fully saturated rings. The maximum absolute atomic E-state index is 9.30. The van der Waals surface area contributed by atoms with Crippen LogP contribution in [0.3, 0.4) is 0 Å². The Morgan fingerprint density at radius 3 is 2.48 bits per heavy atom. The van der Waals surface area contributed by atoms with Gasteiger partial charge < -0.3 is 15.2 Å². The van der Waals surface area contributed by atoms with E-state index in [0.717, 1.165) is 22.6 Å². The van der Waals surface area contributed by atoms with E-state index in [0.29, 0.717) is 23.2 Å². The number of rotatable bonds is 6. The molecule has 0 radical (unpaired) electrons. The van der Waals surface area contributed by atoms with Crippen LogP contribution in [0.1, 0.15) is 11.1 Å². The number of nitrogens with one attached hydrogen (secondary N) is 1. The van der Waals surface area contributed by atoms with Gasteiger partial charge in [0, 0.05) is 27.8 Å². The van der Waals surface area contributed by atoms with Crippen LogP contribution in [-0.2, 0) is 13.2 Å². The predicted octanol–water partition coefficient (Wildman–Crippen LogP) is 5.89. The Hall–Kier alpha value is -2.36. The summed E-state index contributed by atoms with van der Waals surface area (Å²) in [6.07, 6.45) is 0. The zero-order chi connectivity index (χ0) is 17.6. The van der Waals surface area contributed by atoms with Crippen molar-refractivity contribution in [2.45, 2.75) is 13.2 Å². The van der Waals surface area contributed by atoms with Crippen molar-refractivity contribution in [3.05, 3.63) is 87.9 Å². The summed E-state index contributed by atoms with van der Waals surface area (Å²) in [7, 11) is 0. The van der Waals surface area contributed by atoms with Gasteiger partial charge in [0.15, 0.2) is 0 Å². The highest BCUT2D eigenvalue weighted by atomic mass is 35.5. The highest BCUT2D eigenvalue weighted by Gasteiger charge is 2.03. The summed E-state index contributed by atoms with van der Waals surface area (Å²) in [4.78, 5) is 0. The van der Waals surface area contributed by atoms with Gasteiger partial charge in [-0.2, -0.15) is 0 Å². The Morgan fingerprint density at radius 2 is 1.72 bits per heavy atom.